The van der Waals surface area contributed by atoms with Crippen molar-refractivity contribution in [1.29, 1.82) is 0 Å². The predicted octanol–water partition coefficient (Wildman–Crippen LogP) is 8.34. The van der Waals surface area contributed by atoms with Gasteiger partial charge in [-0.2, -0.15) is 26.3 Å². The molecule has 2 unspecified atom stereocenters. The molecule has 43 heavy (non-hydrogen) atoms. The number of ether oxygens (including phenoxy) is 2. The van der Waals surface area contributed by atoms with Crippen LogP contribution in [-0.2, 0) is 38.8 Å². The Balaban J connectivity index is 1.69. The fraction of sp³-hybridized carbons (Fsp3) is 0.375. The van der Waals surface area contributed by atoms with Crippen LogP contribution < -0.4 is 0 Å². The molecule has 1 fully saturated rings. The number of likely N-dealkylation sites (tertiary alicyclic amines) is 1. The van der Waals surface area contributed by atoms with Gasteiger partial charge in [-0.3, -0.25) is 9.69 Å². The van der Waals surface area contributed by atoms with E-state index in [9.17, 15) is 35.9 Å². The monoisotopic (exact) mass is 607 g/mol. The van der Waals surface area contributed by atoms with Crippen LogP contribution in [0.3, 0.4) is 0 Å². The van der Waals surface area contributed by atoms with Crippen LogP contribution in [0.4, 0.5) is 31.1 Å². The molecule has 0 radical (unpaired) electrons. The molecule has 1 aliphatic rings. The SMILES string of the molecule is CC(=O)C1CC[C@@](COC(C)c2cc(C(F)(F)F)cc(C(F)(F)F)c2)(c2ccccc2)N(C(=O)OCc2ccccc2)C1. The molecular weight excluding hydrogens is 576 g/mol. The number of rotatable bonds is 8. The van der Waals surface area contributed by atoms with Crippen LogP contribution in [0.15, 0.2) is 78.9 Å². The highest BCUT2D eigenvalue weighted by molar-refractivity contribution is 5.80. The first-order valence-corrected chi connectivity index (χ1v) is 13.7. The molecule has 3 aromatic carbocycles. The van der Waals surface area contributed by atoms with E-state index in [4.69, 9.17) is 9.47 Å². The summed E-state index contributed by atoms with van der Waals surface area (Å²) in [6.07, 6.45) is -11.3. The molecule has 230 valence electrons. The number of hydrogen-bond acceptors (Lipinski definition) is 4. The van der Waals surface area contributed by atoms with E-state index in [2.05, 4.69) is 0 Å². The minimum Gasteiger partial charge on any atom is -0.445 e. The van der Waals surface area contributed by atoms with E-state index >= 15 is 0 Å². The summed E-state index contributed by atoms with van der Waals surface area (Å²) in [5.41, 5.74) is -3.07. The lowest BCUT2D eigenvalue weighted by Crippen LogP contribution is -2.58. The molecule has 11 heteroatoms. The highest BCUT2D eigenvalue weighted by atomic mass is 19.4. The molecule has 4 rings (SSSR count). The summed E-state index contributed by atoms with van der Waals surface area (Å²) in [5, 5.41) is 0. The number of carbonyl (C=O) groups excluding carboxylic acids is 2. The Hall–Kier alpha value is -3.86. The van der Waals surface area contributed by atoms with Crippen molar-refractivity contribution in [2.75, 3.05) is 13.2 Å². The lowest BCUT2D eigenvalue weighted by molar-refractivity contribution is -0.143. The Morgan fingerprint density at radius 3 is 2.00 bits per heavy atom. The van der Waals surface area contributed by atoms with E-state index in [0.717, 1.165) is 5.56 Å². The number of ketones is 1. The first-order valence-electron chi connectivity index (χ1n) is 13.7. The molecule has 1 aliphatic heterocycles. The van der Waals surface area contributed by atoms with E-state index in [1.54, 1.807) is 54.6 Å². The summed E-state index contributed by atoms with van der Waals surface area (Å²) < 4.78 is 92.7. The molecule has 0 saturated carbocycles. The lowest BCUT2D eigenvalue weighted by Gasteiger charge is -2.49. The summed E-state index contributed by atoms with van der Waals surface area (Å²) >= 11 is 0. The Bertz CT molecular complexity index is 1380. The average Bonchev–Trinajstić information content (AvgIpc) is 2.98. The number of alkyl halides is 6. The van der Waals surface area contributed by atoms with Gasteiger partial charge in [0.15, 0.2) is 0 Å². The van der Waals surface area contributed by atoms with Gasteiger partial charge in [-0.05, 0) is 61.6 Å². The Labute approximate surface area is 245 Å². The molecule has 5 nitrogen and oxygen atoms in total. The van der Waals surface area contributed by atoms with Crippen LogP contribution in [-0.4, -0.2) is 29.9 Å². The minimum absolute atomic E-state index is 0.00261. The van der Waals surface area contributed by atoms with Crippen LogP contribution in [0.25, 0.3) is 0 Å². The number of amides is 1. The number of piperidine rings is 1. The van der Waals surface area contributed by atoms with Crippen molar-refractivity contribution >= 4 is 11.9 Å². The number of carbonyl (C=O) groups is 2. The first-order chi connectivity index (χ1) is 20.2. The van der Waals surface area contributed by atoms with Gasteiger partial charge in [-0.1, -0.05) is 60.7 Å². The van der Waals surface area contributed by atoms with Crippen molar-refractivity contribution in [2.45, 2.75) is 57.3 Å². The maximum Gasteiger partial charge on any atom is 0.416 e. The second-order valence-corrected chi connectivity index (χ2v) is 10.7. The maximum atomic E-state index is 13.6. The standard InChI is InChI=1S/C32H31F6NO4/c1-21(40)24-13-14-30(26-11-7-4-8-12-26,39(18-24)29(41)42-19-23-9-5-3-6-10-23)20-43-22(2)25-15-27(31(33,34)35)17-28(16-25)32(36,37)38/h3-12,15-17,22,24H,13-14,18-20H2,1-2H3/t22?,24?,30-/m1/s1. The van der Waals surface area contributed by atoms with Gasteiger partial charge in [0.25, 0.3) is 0 Å². The van der Waals surface area contributed by atoms with Gasteiger partial charge in [0.2, 0.25) is 0 Å². The molecule has 0 N–H and O–H groups in total. The topological polar surface area (TPSA) is 55.8 Å². The fourth-order valence-corrected chi connectivity index (χ4v) is 5.27. The minimum atomic E-state index is -5.01. The predicted molar refractivity (Wildman–Crippen MR) is 146 cm³/mol. The summed E-state index contributed by atoms with van der Waals surface area (Å²) in [7, 11) is 0. The molecule has 0 bridgehead atoms. The van der Waals surface area contributed by atoms with Crippen LogP contribution >= 0.6 is 0 Å². The quantitative estimate of drug-likeness (QED) is 0.242. The van der Waals surface area contributed by atoms with Gasteiger partial charge < -0.3 is 9.47 Å². The van der Waals surface area contributed by atoms with Crippen LogP contribution in [0.2, 0.25) is 0 Å². The second-order valence-electron chi connectivity index (χ2n) is 10.7. The first kappa shape index (κ1) is 32.1. The zero-order valence-electron chi connectivity index (χ0n) is 23.5. The lowest BCUT2D eigenvalue weighted by atomic mass is 9.77. The molecule has 0 spiro atoms. The maximum absolute atomic E-state index is 13.6. The van der Waals surface area contributed by atoms with Crippen molar-refractivity contribution in [1.82, 2.24) is 4.90 Å². The third-order valence-corrected chi connectivity index (χ3v) is 7.79. The van der Waals surface area contributed by atoms with Crippen LogP contribution in [0.1, 0.15) is 60.6 Å². The smallest absolute Gasteiger partial charge is 0.416 e. The van der Waals surface area contributed by atoms with Gasteiger partial charge in [0, 0.05) is 12.5 Å². The van der Waals surface area contributed by atoms with Crippen molar-refractivity contribution in [3.63, 3.8) is 0 Å². The van der Waals surface area contributed by atoms with Crippen molar-refractivity contribution in [3.05, 3.63) is 107 Å². The largest absolute Gasteiger partial charge is 0.445 e. The van der Waals surface area contributed by atoms with Gasteiger partial charge >= 0.3 is 18.4 Å². The van der Waals surface area contributed by atoms with E-state index in [-0.39, 0.29) is 43.6 Å². The van der Waals surface area contributed by atoms with Crippen LogP contribution in [0.5, 0.6) is 0 Å². The van der Waals surface area contributed by atoms with Crippen molar-refractivity contribution < 1.29 is 45.4 Å². The summed E-state index contributed by atoms with van der Waals surface area (Å²) in [6.45, 7) is 2.46. The highest BCUT2D eigenvalue weighted by Crippen LogP contribution is 2.43. The van der Waals surface area contributed by atoms with Crippen molar-refractivity contribution in [3.8, 4) is 0 Å². The summed E-state index contributed by atoms with van der Waals surface area (Å²) in [6, 6.07) is 19.0. The molecular formula is C32H31F6NO4. The summed E-state index contributed by atoms with van der Waals surface area (Å²) in [4.78, 5) is 27.4. The average molecular weight is 608 g/mol. The molecule has 0 aromatic heterocycles. The van der Waals surface area contributed by atoms with E-state index in [0.29, 0.717) is 24.1 Å². The third-order valence-electron chi connectivity index (χ3n) is 7.79. The Kier molecular flexibility index (Phi) is 9.54. The third kappa shape index (κ3) is 7.57. The van der Waals surface area contributed by atoms with Crippen molar-refractivity contribution in [2.24, 2.45) is 5.92 Å². The number of Topliss-reactive ketones (excluding diaryl/α,β-unsaturated/α-hetero) is 1. The van der Waals surface area contributed by atoms with E-state index < -0.39 is 47.1 Å². The molecule has 1 saturated heterocycles. The van der Waals surface area contributed by atoms with Gasteiger partial charge in [0.1, 0.15) is 12.4 Å². The highest BCUT2D eigenvalue weighted by Gasteiger charge is 2.48. The zero-order chi connectivity index (χ0) is 31.4. The van der Waals surface area contributed by atoms with Gasteiger partial charge in [-0.25, -0.2) is 4.79 Å². The summed E-state index contributed by atoms with van der Waals surface area (Å²) in [5.74, 6) is -0.614. The Morgan fingerprint density at radius 2 is 1.47 bits per heavy atom. The number of halogens is 6. The number of nitrogens with zero attached hydrogens (tertiary/aromatic N) is 1. The molecule has 0 aliphatic carbocycles. The number of hydrogen-bond donors (Lipinski definition) is 0. The number of benzene rings is 3. The molecule has 1 heterocycles. The van der Waals surface area contributed by atoms with Gasteiger partial charge in [-0.15, -0.1) is 0 Å². The molecule has 3 aromatic rings. The normalized spacial score (nSPS) is 20.0. The zero-order valence-corrected chi connectivity index (χ0v) is 23.5. The molecule has 3 atom stereocenters. The second kappa shape index (κ2) is 12.8. The van der Waals surface area contributed by atoms with Gasteiger partial charge in [0.05, 0.1) is 29.4 Å². The fourth-order valence-electron chi connectivity index (χ4n) is 5.27. The Morgan fingerprint density at radius 1 is 0.907 bits per heavy atom. The van der Waals surface area contributed by atoms with E-state index in [1.807, 2.05) is 6.07 Å². The van der Waals surface area contributed by atoms with E-state index in [1.165, 1.54) is 18.7 Å². The molecule has 1 amide bonds. The van der Waals surface area contributed by atoms with Crippen LogP contribution in [0, 0.1) is 5.92 Å².